The van der Waals surface area contributed by atoms with Crippen molar-refractivity contribution < 1.29 is 9.53 Å². The number of carbonyl (C=O) groups is 1. The van der Waals surface area contributed by atoms with Crippen LogP contribution in [0.15, 0.2) is 17.0 Å². The fraction of sp³-hybridized carbons (Fsp3) is 0.364. The number of rotatable bonds is 5. The molecular formula is C11H13N3O2S2. The van der Waals surface area contributed by atoms with Crippen LogP contribution in [-0.4, -0.2) is 23.0 Å². The number of thiazole rings is 2. The van der Waals surface area contributed by atoms with Crippen LogP contribution < -0.4 is 5.32 Å². The molecule has 2 rings (SSSR count). The second-order valence-corrected chi connectivity index (χ2v) is 5.42. The van der Waals surface area contributed by atoms with Gasteiger partial charge in [0.15, 0.2) is 5.13 Å². The van der Waals surface area contributed by atoms with Gasteiger partial charge < -0.3 is 10.1 Å². The van der Waals surface area contributed by atoms with Crippen molar-refractivity contribution in [2.45, 2.75) is 19.4 Å². The molecule has 0 radical (unpaired) electrons. The van der Waals surface area contributed by atoms with Crippen LogP contribution in [0.2, 0.25) is 0 Å². The van der Waals surface area contributed by atoms with E-state index in [0.717, 1.165) is 15.8 Å². The highest BCUT2D eigenvalue weighted by Gasteiger charge is 2.11. The molecule has 2 heterocycles. The summed E-state index contributed by atoms with van der Waals surface area (Å²) in [4.78, 5) is 19.7. The summed E-state index contributed by atoms with van der Waals surface area (Å²) in [7, 11) is 1.37. The first-order valence-corrected chi connectivity index (χ1v) is 7.12. The van der Waals surface area contributed by atoms with Crippen LogP contribution in [-0.2, 0) is 16.0 Å². The minimum Gasteiger partial charge on any atom is -0.469 e. The van der Waals surface area contributed by atoms with Gasteiger partial charge in [-0.25, -0.2) is 9.97 Å². The first kappa shape index (κ1) is 13.0. The molecule has 7 heteroatoms. The second-order valence-electron chi connectivity index (χ2n) is 3.63. The van der Waals surface area contributed by atoms with Crippen molar-refractivity contribution in [3.8, 4) is 0 Å². The van der Waals surface area contributed by atoms with Crippen molar-refractivity contribution in [1.82, 2.24) is 9.97 Å². The molecule has 1 atom stereocenters. The number of hydrogen-bond donors (Lipinski definition) is 1. The molecule has 2 aromatic heterocycles. The monoisotopic (exact) mass is 283 g/mol. The van der Waals surface area contributed by atoms with Crippen LogP contribution in [0.25, 0.3) is 0 Å². The average molecular weight is 283 g/mol. The largest absolute Gasteiger partial charge is 0.469 e. The number of ether oxygens (including phenoxy) is 1. The molecule has 96 valence electrons. The summed E-state index contributed by atoms with van der Waals surface area (Å²) < 4.78 is 4.60. The lowest BCUT2D eigenvalue weighted by Crippen LogP contribution is -2.07. The van der Waals surface area contributed by atoms with Gasteiger partial charge in [0.05, 0.1) is 25.3 Å². The highest BCUT2D eigenvalue weighted by molar-refractivity contribution is 7.13. The third-order valence-electron chi connectivity index (χ3n) is 2.27. The van der Waals surface area contributed by atoms with E-state index in [1.165, 1.54) is 18.4 Å². The molecule has 2 aromatic rings. The summed E-state index contributed by atoms with van der Waals surface area (Å²) in [6.07, 6.45) is 1.99. The molecule has 0 aliphatic carbocycles. The maximum Gasteiger partial charge on any atom is 0.311 e. The average Bonchev–Trinajstić information content (AvgIpc) is 3.00. The number of aromatic nitrogens is 2. The Labute approximate surface area is 113 Å². The van der Waals surface area contributed by atoms with Crippen molar-refractivity contribution >= 4 is 33.8 Å². The van der Waals surface area contributed by atoms with E-state index in [-0.39, 0.29) is 18.4 Å². The highest BCUT2D eigenvalue weighted by Crippen LogP contribution is 2.23. The predicted octanol–water partition coefficient (Wildman–Crippen LogP) is 2.49. The zero-order valence-electron chi connectivity index (χ0n) is 10.0. The van der Waals surface area contributed by atoms with Crippen LogP contribution in [0.3, 0.4) is 0 Å². The molecular weight excluding hydrogens is 270 g/mol. The zero-order valence-corrected chi connectivity index (χ0v) is 11.7. The molecule has 5 nitrogen and oxygen atoms in total. The molecule has 0 amide bonds. The standard InChI is InChI=1S/C11H13N3O2S2/c1-7(10-12-3-4-17-10)13-11-14-8(6-18-11)5-9(15)16-2/h3-4,6-7H,5H2,1-2H3,(H,13,14). The maximum absolute atomic E-state index is 11.1. The quantitative estimate of drug-likeness (QED) is 0.854. The van der Waals surface area contributed by atoms with Gasteiger partial charge in [-0.3, -0.25) is 4.79 Å². The summed E-state index contributed by atoms with van der Waals surface area (Å²) in [6.45, 7) is 2.03. The summed E-state index contributed by atoms with van der Waals surface area (Å²) in [5.74, 6) is -0.278. The van der Waals surface area contributed by atoms with E-state index in [0.29, 0.717) is 0 Å². The fourth-order valence-corrected chi connectivity index (χ4v) is 2.81. The molecule has 0 spiro atoms. The topological polar surface area (TPSA) is 64.1 Å². The second kappa shape index (κ2) is 5.92. The third kappa shape index (κ3) is 3.27. The third-order valence-corrected chi connectivity index (χ3v) is 4.05. The van der Waals surface area contributed by atoms with Gasteiger partial charge in [-0.2, -0.15) is 0 Å². The van der Waals surface area contributed by atoms with Gasteiger partial charge in [-0.05, 0) is 6.92 Å². The highest BCUT2D eigenvalue weighted by atomic mass is 32.1. The van der Waals surface area contributed by atoms with Crippen molar-refractivity contribution in [3.63, 3.8) is 0 Å². The number of carbonyl (C=O) groups excluding carboxylic acids is 1. The number of nitrogens with zero attached hydrogens (tertiary/aromatic N) is 2. The van der Waals surface area contributed by atoms with E-state index in [4.69, 9.17) is 0 Å². The van der Waals surface area contributed by atoms with Crippen molar-refractivity contribution in [2.75, 3.05) is 12.4 Å². The normalized spacial score (nSPS) is 12.1. The van der Waals surface area contributed by atoms with Crippen LogP contribution in [0, 0.1) is 0 Å². The van der Waals surface area contributed by atoms with E-state index < -0.39 is 0 Å². The van der Waals surface area contributed by atoms with E-state index in [2.05, 4.69) is 20.0 Å². The minimum atomic E-state index is -0.278. The Kier molecular flexibility index (Phi) is 4.27. The Morgan fingerprint density at radius 2 is 2.39 bits per heavy atom. The number of hydrogen-bond acceptors (Lipinski definition) is 7. The van der Waals surface area contributed by atoms with Gasteiger partial charge in [0.25, 0.3) is 0 Å². The number of nitrogens with one attached hydrogen (secondary N) is 1. The van der Waals surface area contributed by atoms with Gasteiger partial charge in [0.1, 0.15) is 5.01 Å². The summed E-state index contributed by atoms with van der Waals surface area (Å²) in [5, 5.41) is 8.86. The van der Waals surface area contributed by atoms with E-state index >= 15 is 0 Å². The van der Waals surface area contributed by atoms with Gasteiger partial charge in [0, 0.05) is 17.0 Å². The minimum absolute atomic E-state index is 0.113. The number of esters is 1. The molecule has 1 unspecified atom stereocenters. The number of methoxy groups -OCH3 is 1. The molecule has 0 bridgehead atoms. The van der Waals surface area contributed by atoms with Crippen LogP contribution in [0.1, 0.15) is 23.7 Å². The number of anilines is 1. The van der Waals surface area contributed by atoms with E-state index in [1.54, 1.807) is 17.5 Å². The lowest BCUT2D eigenvalue weighted by Gasteiger charge is -2.08. The Bertz CT molecular complexity index is 510. The van der Waals surface area contributed by atoms with Crippen molar-refractivity contribution in [1.29, 1.82) is 0 Å². The molecule has 1 N–H and O–H groups in total. The molecule has 18 heavy (non-hydrogen) atoms. The SMILES string of the molecule is COC(=O)Cc1csc(NC(C)c2nccs2)n1. The summed E-state index contributed by atoms with van der Waals surface area (Å²) >= 11 is 3.07. The lowest BCUT2D eigenvalue weighted by molar-refractivity contribution is -0.139. The molecule has 0 aliphatic rings. The zero-order chi connectivity index (χ0) is 13.0. The van der Waals surface area contributed by atoms with E-state index in [9.17, 15) is 4.79 Å². The van der Waals surface area contributed by atoms with Crippen molar-refractivity contribution in [2.24, 2.45) is 0 Å². The molecule has 0 fully saturated rings. The maximum atomic E-state index is 11.1. The first-order valence-electron chi connectivity index (χ1n) is 5.36. The smallest absolute Gasteiger partial charge is 0.311 e. The lowest BCUT2D eigenvalue weighted by atomic mass is 10.3. The van der Waals surface area contributed by atoms with Gasteiger partial charge in [-0.15, -0.1) is 22.7 Å². The Balaban J connectivity index is 1.96. The Hall–Kier alpha value is -1.47. The molecule has 0 saturated heterocycles. The molecule has 0 aliphatic heterocycles. The first-order chi connectivity index (χ1) is 8.69. The van der Waals surface area contributed by atoms with Gasteiger partial charge in [0.2, 0.25) is 0 Å². The van der Waals surface area contributed by atoms with Gasteiger partial charge >= 0.3 is 5.97 Å². The molecule has 0 saturated carbocycles. The molecule has 0 aromatic carbocycles. The van der Waals surface area contributed by atoms with Crippen molar-refractivity contribution in [3.05, 3.63) is 27.7 Å². The fourth-order valence-electron chi connectivity index (χ4n) is 1.37. The van der Waals surface area contributed by atoms with Crippen LogP contribution in [0.4, 0.5) is 5.13 Å². The van der Waals surface area contributed by atoms with Gasteiger partial charge in [-0.1, -0.05) is 0 Å². The summed E-state index contributed by atoms with van der Waals surface area (Å²) in [5.41, 5.74) is 0.723. The Morgan fingerprint density at radius 3 is 3.06 bits per heavy atom. The van der Waals surface area contributed by atoms with Crippen LogP contribution in [0.5, 0.6) is 0 Å². The summed E-state index contributed by atoms with van der Waals surface area (Å²) in [6, 6.07) is 0.113. The van der Waals surface area contributed by atoms with Crippen LogP contribution >= 0.6 is 22.7 Å². The van der Waals surface area contributed by atoms with E-state index in [1.807, 2.05) is 17.7 Å². The predicted molar refractivity (Wildman–Crippen MR) is 72.0 cm³/mol. The Morgan fingerprint density at radius 1 is 1.56 bits per heavy atom.